The molecule has 3 N–H and O–H groups in total. The van der Waals surface area contributed by atoms with Gasteiger partial charge in [0, 0.05) is 30.0 Å². The topological polar surface area (TPSA) is 156 Å². The number of nitrogens with zero attached hydrogens (tertiary/aromatic N) is 4. The van der Waals surface area contributed by atoms with Crippen LogP contribution in [0.3, 0.4) is 0 Å². The van der Waals surface area contributed by atoms with Gasteiger partial charge in [-0.2, -0.15) is 15.0 Å². The molecule has 3 amide bonds. The van der Waals surface area contributed by atoms with Crippen LogP contribution >= 0.6 is 0 Å². The number of hydrogen-bond acceptors (Lipinski definition) is 7. The third-order valence-corrected chi connectivity index (χ3v) is 9.38. The molecule has 1 aromatic heterocycles. The number of alkyl carbamates (subject to hydrolysis) is 1. The summed E-state index contributed by atoms with van der Waals surface area (Å²) in [6.45, 7) is 5.33. The molecule has 49 heavy (non-hydrogen) atoms. The summed E-state index contributed by atoms with van der Waals surface area (Å²) in [7, 11) is 0. The number of ether oxygens (including phenoxy) is 1. The number of carboxylic acid groups (broad SMARTS) is 1. The van der Waals surface area contributed by atoms with Crippen LogP contribution in [0.2, 0.25) is 0 Å². The first-order chi connectivity index (χ1) is 23.4. The molecule has 5 atom stereocenters. The van der Waals surface area contributed by atoms with Gasteiger partial charge in [0.05, 0.1) is 6.04 Å². The van der Waals surface area contributed by atoms with Crippen LogP contribution in [0.15, 0.2) is 72.8 Å². The Bertz CT molecular complexity index is 1660. The fraction of sp³-hybridized carbons (Fsp3) is 0.459. The highest BCUT2D eigenvalue weighted by Crippen LogP contribution is 2.45. The molecular weight excluding hydrogens is 624 g/mol. The first-order valence-electron chi connectivity index (χ1n) is 17.0. The van der Waals surface area contributed by atoms with Crippen LogP contribution in [-0.2, 0) is 19.1 Å². The van der Waals surface area contributed by atoms with Gasteiger partial charge in [0.1, 0.15) is 34.6 Å². The molecule has 2 fully saturated rings. The number of hydrogen-bond donors (Lipinski definition) is 3. The fourth-order valence-corrected chi connectivity index (χ4v) is 6.76. The monoisotopic (exact) mass is 668 g/mol. The minimum atomic E-state index is -1.43. The smallest absolute Gasteiger partial charge is 0.408 e. The number of fused-ring (bicyclic) bond motifs is 2. The molecule has 258 valence electrons. The maximum absolute atomic E-state index is 14.4. The molecule has 1 saturated carbocycles. The van der Waals surface area contributed by atoms with Crippen LogP contribution in [0.4, 0.5) is 4.79 Å². The van der Waals surface area contributed by atoms with E-state index in [2.05, 4.69) is 10.6 Å². The Hall–Kier alpha value is -5.00. The van der Waals surface area contributed by atoms with Gasteiger partial charge >= 0.3 is 12.1 Å². The van der Waals surface area contributed by atoms with Gasteiger partial charge in [-0.15, -0.1) is 0 Å². The van der Waals surface area contributed by atoms with Crippen molar-refractivity contribution >= 4 is 23.9 Å². The number of nitrogens with one attached hydrogen (secondary N) is 2. The van der Waals surface area contributed by atoms with Crippen molar-refractivity contribution in [2.75, 3.05) is 6.54 Å². The molecule has 12 heteroatoms. The van der Waals surface area contributed by atoms with Gasteiger partial charge in [-0.1, -0.05) is 85.7 Å². The average molecular weight is 669 g/mol. The molecule has 0 bridgehead atoms. The molecule has 1 saturated heterocycles. The molecule has 3 aliphatic rings. The van der Waals surface area contributed by atoms with Crippen LogP contribution < -0.4 is 10.6 Å². The summed E-state index contributed by atoms with van der Waals surface area (Å²) in [4.78, 5) is 56.9. The standard InChI is InChI=1S/C37H44N6O6/c1-36(2,3)49-35(48)38-28-20-14-6-4-5-13-19-26-22-37(26,34(46)47)39-32(44)29-21-27(23-42(29)33(28)45)43-40-30(24-15-9-7-10-16-24)31(41-43)25-17-11-8-12-18-25/h7-13,15-19,26-29H,4-6,14,20-23H2,1-3H3,(H,38,48)(H,39,44)(H,46,47)/b19-13-/t26-,27-,28+,29-,37-/m0/s1. The lowest BCUT2D eigenvalue weighted by atomic mass is 10.0. The highest BCUT2D eigenvalue weighted by Gasteiger charge is 2.61. The van der Waals surface area contributed by atoms with Gasteiger partial charge in [-0.25, -0.2) is 9.59 Å². The molecule has 3 heterocycles. The highest BCUT2D eigenvalue weighted by molar-refractivity contribution is 5.96. The number of aromatic nitrogens is 3. The van der Waals surface area contributed by atoms with Crippen molar-refractivity contribution in [3.8, 4) is 22.5 Å². The largest absolute Gasteiger partial charge is 0.479 e. The molecule has 3 aromatic rings. The number of carbonyl (C=O) groups excluding carboxylic acids is 3. The van der Waals surface area contributed by atoms with Crippen LogP contribution in [0.5, 0.6) is 0 Å². The van der Waals surface area contributed by atoms with Crippen LogP contribution in [-0.4, -0.2) is 78.6 Å². The Labute approximate surface area is 285 Å². The minimum Gasteiger partial charge on any atom is -0.479 e. The van der Waals surface area contributed by atoms with Gasteiger partial charge in [0.15, 0.2) is 0 Å². The maximum Gasteiger partial charge on any atom is 0.408 e. The van der Waals surface area contributed by atoms with Crippen molar-refractivity contribution in [2.24, 2.45) is 5.92 Å². The maximum atomic E-state index is 14.4. The molecule has 0 spiro atoms. The third-order valence-electron chi connectivity index (χ3n) is 9.38. The molecular formula is C37H44N6O6. The zero-order valence-corrected chi connectivity index (χ0v) is 28.2. The average Bonchev–Trinajstić information content (AvgIpc) is 3.38. The number of benzene rings is 2. The fourth-order valence-electron chi connectivity index (χ4n) is 6.76. The van der Waals surface area contributed by atoms with E-state index >= 15 is 0 Å². The number of allylic oxidation sites excluding steroid dienone is 1. The Balaban J connectivity index is 1.36. The van der Waals surface area contributed by atoms with Crippen LogP contribution in [0.25, 0.3) is 22.5 Å². The lowest BCUT2D eigenvalue weighted by Gasteiger charge is -2.30. The molecule has 2 aromatic carbocycles. The number of aliphatic carboxylic acids is 1. The zero-order chi connectivity index (χ0) is 34.8. The van der Waals surface area contributed by atoms with E-state index in [1.54, 1.807) is 25.6 Å². The normalized spacial score (nSPS) is 26.7. The summed E-state index contributed by atoms with van der Waals surface area (Å²) >= 11 is 0. The van der Waals surface area contributed by atoms with Gasteiger partial charge in [0.25, 0.3) is 0 Å². The molecule has 0 unspecified atom stereocenters. The minimum absolute atomic E-state index is 0.0873. The van der Waals surface area contributed by atoms with E-state index in [0.29, 0.717) is 24.2 Å². The van der Waals surface area contributed by atoms with E-state index in [-0.39, 0.29) is 25.3 Å². The summed E-state index contributed by atoms with van der Waals surface area (Å²) in [5.41, 5.74) is 0.854. The Kier molecular flexibility index (Phi) is 9.58. The first kappa shape index (κ1) is 33.9. The quantitative estimate of drug-likeness (QED) is 0.316. The van der Waals surface area contributed by atoms with Crippen LogP contribution in [0, 0.1) is 5.92 Å². The van der Waals surface area contributed by atoms with E-state index in [1.807, 2.05) is 72.8 Å². The SMILES string of the molecule is CC(C)(C)OC(=O)N[C@@H]1CCCCC/C=C\[C@H]2C[C@]2(C(=O)O)NC(=O)[C@@H]2C[C@H](n3nc(-c4ccccc4)c(-c4ccccc4)n3)CN2C1=O. The van der Waals surface area contributed by atoms with Crippen molar-refractivity contribution < 1.29 is 29.0 Å². The second kappa shape index (κ2) is 13.9. The number of carbonyl (C=O) groups is 4. The third kappa shape index (κ3) is 7.53. The lowest BCUT2D eigenvalue weighted by Crippen LogP contribution is -2.56. The summed E-state index contributed by atoms with van der Waals surface area (Å²) < 4.78 is 5.50. The van der Waals surface area contributed by atoms with E-state index in [4.69, 9.17) is 14.9 Å². The van der Waals surface area contributed by atoms with E-state index in [9.17, 15) is 24.3 Å². The second-order valence-electron chi connectivity index (χ2n) is 14.2. The number of amides is 3. The lowest BCUT2D eigenvalue weighted by molar-refractivity contribution is -0.145. The molecule has 12 nitrogen and oxygen atoms in total. The predicted octanol–water partition coefficient (Wildman–Crippen LogP) is 5.13. The summed E-state index contributed by atoms with van der Waals surface area (Å²) in [5.74, 6) is -2.43. The number of rotatable bonds is 5. The van der Waals surface area contributed by atoms with E-state index in [0.717, 1.165) is 30.4 Å². The summed E-state index contributed by atoms with van der Waals surface area (Å²) in [6.07, 6.45) is 6.99. The first-order valence-corrected chi connectivity index (χ1v) is 17.0. The Morgan fingerprint density at radius 3 is 2.18 bits per heavy atom. The Morgan fingerprint density at radius 1 is 0.959 bits per heavy atom. The van der Waals surface area contributed by atoms with Gasteiger partial charge in [0.2, 0.25) is 11.8 Å². The van der Waals surface area contributed by atoms with E-state index in [1.165, 1.54) is 4.90 Å². The number of carboxylic acids is 1. The van der Waals surface area contributed by atoms with Gasteiger partial charge < -0.3 is 25.4 Å². The van der Waals surface area contributed by atoms with Crippen molar-refractivity contribution in [1.29, 1.82) is 0 Å². The molecule has 6 rings (SSSR count). The van der Waals surface area contributed by atoms with Gasteiger partial charge in [-0.05, 0) is 46.5 Å². The summed E-state index contributed by atoms with van der Waals surface area (Å²) in [6, 6.07) is 16.9. The predicted molar refractivity (Wildman–Crippen MR) is 182 cm³/mol. The van der Waals surface area contributed by atoms with Crippen molar-refractivity contribution in [1.82, 2.24) is 30.5 Å². The second-order valence-corrected chi connectivity index (χ2v) is 14.2. The zero-order valence-electron chi connectivity index (χ0n) is 28.2. The highest BCUT2D eigenvalue weighted by atomic mass is 16.6. The van der Waals surface area contributed by atoms with Crippen molar-refractivity contribution in [3.05, 3.63) is 72.8 Å². The molecule has 0 radical (unpaired) electrons. The Morgan fingerprint density at radius 2 is 1.59 bits per heavy atom. The van der Waals surface area contributed by atoms with E-state index < -0.39 is 53.1 Å². The molecule has 2 aliphatic heterocycles. The van der Waals surface area contributed by atoms with Crippen LogP contribution in [0.1, 0.15) is 71.8 Å². The van der Waals surface area contributed by atoms with Crippen molar-refractivity contribution in [2.45, 2.75) is 95.0 Å². The summed E-state index contributed by atoms with van der Waals surface area (Å²) in [5, 5.41) is 25.6. The molecule has 1 aliphatic carbocycles. The van der Waals surface area contributed by atoms with Crippen molar-refractivity contribution in [3.63, 3.8) is 0 Å². The van der Waals surface area contributed by atoms with Gasteiger partial charge in [-0.3, -0.25) is 9.59 Å².